The molecule has 1 aliphatic heterocycles. The average molecular weight is 318 g/mol. The van der Waals surface area contributed by atoms with Gasteiger partial charge >= 0.3 is 0 Å². The Bertz CT molecular complexity index is 465. The lowest BCUT2D eigenvalue weighted by atomic mass is 10.1. The third kappa shape index (κ3) is 4.01. The molecule has 2 aliphatic rings. The molecule has 3 N–H and O–H groups in total. The van der Waals surface area contributed by atoms with Crippen LogP contribution in [0.2, 0.25) is 0 Å². The van der Waals surface area contributed by atoms with Gasteiger partial charge in [0.05, 0.1) is 0 Å². The largest absolute Gasteiger partial charge is 0.399 e. The predicted octanol–water partition coefficient (Wildman–Crippen LogP) is 2.08. The van der Waals surface area contributed by atoms with E-state index in [4.69, 9.17) is 5.73 Å². The van der Waals surface area contributed by atoms with Crippen LogP contribution < -0.4 is 11.1 Å². The summed E-state index contributed by atoms with van der Waals surface area (Å²) in [6, 6.07) is 8.22. The summed E-state index contributed by atoms with van der Waals surface area (Å²) >= 11 is 0. The Kier molecular flexibility index (Phi) is 6.11. The van der Waals surface area contributed by atoms with Gasteiger partial charge in [-0.05, 0) is 37.5 Å². The number of rotatable bonds is 3. The fourth-order valence-corrected chi connectivity index (χ4v) is 2.63. The molecule has 1 aliphatic carbocycles. The number of nitrogens with one attached hydrogen (secondary N) is 1. The Balaban J connectivity index is 0.000001000. The molecular formula is C14H21Cl2N3O. The van der Waals surface area contributed by atoms with Gasteiger partial charge in [-0.25, -0.2) is 0 Å². The number of carbonyl (C=O) groups excluding carboxylic acids is 1. The highest BCUT2D eigenvalue weighted by molar-refractivity contribution is 5.95. The Labute approximate surface area is 131 Å². The summed E-state index contributed by atoms with van der Waals surface area (Å²) in [7, 11) is 0. The number of likely N-dealkylation sites (tertiary alicyclic amines) is 1. The van der Waals surface area contributed by atoms with Crippen molar-refractivity contribution in [3.8, 4) is 0 Å². The van der Waals surface area contributed by atoms with Crippen LogP contribution in [0.15, 0.2) is 24.3 Å². The molecule has 2 fully saturated rings. The number of benzene rings is 1. The summed E-state index contributed by atoms with van der Waals surface area (Å²) in [6.45, 7) is 2.12. The van der Waals surface area contributed by atoms with Gasteiger partial charge in [0.25, 0.3) is 5.91 Å². The fourth-order valence-electron chi connectivity index (χ4n) is 2.63. The monoisotopic (exact) mass is 317 g/mol. The maximum Gasteiger partial charge on any atom is 0.251 e. The number of nitrogen functional groups attached to an aromatic ring is 1. The number of hydrogen-bond acceptors (Lipinski definition) is 3. The molecule has 1 amide bonds. The highest BCUT2D eigenvalue weighted by Crippen LogP contribution is 2.29. The van der Waals surface area contributed by atoms with Gasteiger partial charge < -0.3 is 11.1 Å². The van der Waals surface area contributed by atoms with Crippen LogP contribution in [0.25, 0.3) is 0 Å². The molecule has 0 bridgehead atoms. The third-order valence-corrected chi connectivity index (χ3v) is 3.77. The lowest BCUT2D eigenvalue weighted by molar-refractivity contribution is 0.0937. The lowest BCUT2D eigenvalue weighted by Crippen LogP contribution is -2.37. The lowest BCUT2D eigenvalue weighted by Gasteiger charge is -2.15. The van der Waals surface area contributed by atoms with E-state index < -0.39 is 0 Å². The molecule has 0 aromatic heterocycles. The molecule has 1 aromatic carbocycles. The van der Waals surface area contributed by atoms with E-state index in [1.807, 2.05) is 6.07 Å². The molecule has 1 saturated heterocycles. The molecule has 1 heterocycles. The van der Waals surface area contributed by atoms with E-state index in [1.54, 1.807) is 18.2 Å². The first-order valence-corrected chi connectivity index (χ1v) is 6.63. The second kappa shape index (κ2) is 7.16. The number of anilines is 1. The quantitative estimate of drug-likeness (QED) is 0.839. The standard InChI is InChI=1S/C14H19N3O.2ClH/c15-11-3-1-2-10(8-11)14(18)16-12-6-7-17(9-12)13-4-5-13;;/h1-3,8,12-13H,4-7,9,15H2,(H,16,18);2*1H. The molecule has 1 unspecified atom stereocenters. The molecule has 6 heteroatoms. The van der Waals surface area contributed by atoms with Crippen LogP contribution in [0.4, 0.5) is 5.69 Å². The molecule has 3 rings (SSSR count). The predicted molar refractivity (Wildman–Crippen MR) is 85.8 cm³/mol. The zero-order valence-electron chi connectivity index (χ0n) is 11.2. The molecule has 1 saturated carbocycles. The smallest absolute Gasteiger partial charge is 0.251 e. The number of hydrogen-bond donors (Lipinski definition) is 2. The first kappa shape index (κ1) is 17.1. The van der Waals surface area contributed by atoms with E-state index >= 15 is 0 Å². The molecule has 1 atom stereocenters. The summed E-state index contributed by atoms with van der Waals surface area (Å²) in [5, 5.41) is 3.10. The van der Waals surface area contributed by atoms with Crippen molar-refractivity contribution in [2.75, 3.05) is 18.8 Å². The van der Waals surface area contributed by atoms with Crippen molar-refractivity contribution in [3.63, 3.8) is 0 Å². The van der Waals surface area contributed by atoms with Gasteiger partial charge in [0, 0.05) is 36.4 Å². The highest BCUT2D eigenvalue weighted by atomic mass is 35.5. The summed E-state index contributed by atoms with van der Waals surface area (Å²) in [5.74, 6) is -0.00931. The number of nitrogens with two attached hydrogens (primary N) is 1. The number of nitrogens with zero attached hydrogens (tertiary/aromatic N) is 1. The third-order valence-electron chi connectivity index (χ3n) is 3.77. The summed E-state index contributed by atoms with van der Waals surface area (Å²) in [4.78, 5) is 14.6. The molecule has 0 spiro atoms. The molecule has 1 aromatic rings. The van der Waals surface area contributed by atoms with E-state index in [-0.39, 0.29) is 30.7 Å². The Morgan fingerprint density at radius 2 is 2.00 bits per heavy atom. The van der Waals surface area contributed by atoms with Crippen LogP contribution in [0.3, 0.4) is 0 Å². The van der Waals surface area contributed by atoms with Crippen molar-refractivity contribution in [3.05, 3.63) is 29.8 Å². The summed E-state index contributed by atoms with van der Waals surface area (Å²) in [5.41, 5.74) is 6.97. The number of carbonyl (C=O) groups is 1. The minimum absolute atomic E-state index is 0. The Hall–Kier alpha value is -0.970. The van der Waals surface area contributed by atoms with E-state index in [2.05, 4.69) is 10.2 Å². The fraction of sp³-hybridized carbons (Fsp3) is 0.500. The zero-order valence-corrected chi connectivity index (χ0v) is 12.9. The topological polar surface area (TPSA) is 58.4 Å². The van der Waals surface area contributed by atoms with Crippen molar-refractivity contribution in [1.29, 1.82) is 0 Å². The van der Waals surface area contributed by atoms with Crippen LogP contribution in [0, 0.1) is 0 Å². The maximum atomic E-state index is 12.1. The van der Waals surface area contributed by atoms with Gasteiger partial charge in [-0.1, -0.05) is 6.07 Å². The van der Waals surface area contributed by atoms with Crippen molar-refractivity contribution in [2.45, 2.75) is 31.3 Å². The summed E-state index contributed by atoms with van der Waals surface area (Å²) in [6.07, 6.45) is 3.72. The van der Waals surface area contributed by atoms with Gasteiger partial charge in [0.2, 0.25) is 0 Å². The minimum Gasteiger partial charge on any atom is -0.399 e. The molecule has 20 heavy (non-hydrogen) atoms. The van der Waals surface area contributed by atoms with E-state index in [0.29, 0.717) is 17.3 Å². The van der Waals surface area contributed by atoms with Crippen molar-refractivity contribution >= 4 is 36.4 Å². The maximum absolute atomic E-state index is 12.1. The van der Waals surface area contributed by atoms with Gasteiger partial charge in [-0.15, -0.1) is 24.8 Å². The van der Waals surface area contributed by atoms with Crippen LogP contribution in [0.5, 0.6) is 0 Å². The second-order valence-electron chi connectivity index (χ2n) is 5.31. The van der Waals surface area contributed by atoms with Crippen molar-refractivity contribution in [1.82, 2.24) is 10.2 Å². The number of amides is 1. The highest BCUT2D eigenvalue weighted by Gasteiger charge is 2.34. The van der Waals surface area contributed by atoms with Crippen LogP contribution in [-0.2, 0) is 0 Å². The van der Waals surface area contributed by atoms with Gasteiger partial charge in [-0.2, -0.15) is 0 Å². The normalized spacial score (nSPS) is 21.7. The van der Waals surface area contributed by atoms with Gasteiger partial charge in [-0.3, -0.25) is 9.69 Å². The number of halogens is 2. The van der Waals surface area contributed by atoms with Crippen molar-refractivity contribution < 1.29 is 4.79 Å². The van der Waals surface area contributed by atoms with E-state index in [9.17, 15) is 4.79 Å². The molecule has 0 radical (unpaired) electrons. The van der Waals surface area contributed by atoms with Gasteiger partial charge in [0.1, 0.15) is 0 Å². The zero-order chi connectivity index (χ0) is 12.5. The van der Waals surface area contributed by atoms with Crippen molar-refractivity contribution in [2.24, 2.45) is 0 Å². The first-order valence-electron chi connectivity index (χ1n) is 6.63. The Morgan fingerprint density at radius 3 is 2.65 bits per heavy atom. The van der Waals surface area contributed by atoms with E-state index in [0.717, 1.165) is 25.6 Å². The van der Waals surface area contributed by atoms with Crippen LogP contribution >= 0.6 is 24.8 Å². The van der Waals surface area contributed by atoms with Gasteiger partial charge in [0.15, 0.2) is 0 Å². The average Bonchev–Trinajstić information content (AvgIpc) is 3.11. The second-order valence-corrected chi connectivity index (χ2v) is 5.31. The molecule has 4 nitrogen and oxygen atoms in total. The van der Waals surface area contributed by atoms with E-state index in [1.165, 1.54) is 12.8 Å². The SMILES string of the molecule is Cl.Cl.Nc1cccc(C(=O)NC2CCN(C3CC3)C2)c1. The molecule has 112 valence electrons. The molecular weight excluding hydrogens is 297 g/mol. The van der Waals surface area contributed by atoms with Crippen LogP contribution in [0.1, 0.15) is 29.6 Å². The van der Waals surface area contributed by atoms with Crippen LogP contribution in [-0.4, -0.2) is 36.0 Å². The first-order chi connectivity index (χ1) is 8.72. The minimum atomic E-state index is -0.00931. The Morgan fingerprint density at radius 1 is 1.25 bits per heavy atom. The summed E-state index contributed by atoms with van der Waals surface area (Å²) < 4.78 is 0.